The van der Waals surface area contributed by atoms with Gasteiger partial charge in [-0.2, -0.15) is 0 Å². The van der Waals surface area contributed by atoms with Gasteiger partial charge in [0.25, 0.3) is 0 Å². The highest BCUT2D eigenvalue weighted by Crippen LogP contribution is 2.51. The second-order valence-corrected chi connectivity index (χ2v) is 11.7. The van der Waals surface area contributed by atoms with E-state index in [4.69, 9.17) is 4.98 Å². The summed E-state index contributed by atoms with van der Waals surface area (Å²) >= 11 is 0. The van der Waals surface area contributed by atoms with Gasteiger partial charge >= 0.3 is 0 Å². The molecule has 4 heterocycles. The second kappa shape index (κ2) is 8.76. The van der Waals surface area contributed by atoms with Gasteiger partial charge in [-0.3, -0.25) is 4.98 Å². The monoisotopic (exact) mass is 552 g/mol. The number of hydrogen-bond acceptors (Lipinski definition) is 1. The highest BCUT2D eigenvalue weighted by Gasteiger charge is 2.40. The maximum absolute atomic E-state index is 4.71. The van der Waals surface area contributed by atoms with Gasteiger partial charge in [-0.1, -0.05) is 97.1 Å². The van der Waals surface area contributed by atoms with Crippen molar-refractivity contribution in [2.45, 2.75) is 12.3 Å². The summed E-state index contributed by atoms with van der Waals surface area (Å²) in [6.45, 7) is 2.39. The Labute approximate surface area is 249 Å². The van der Waals surface area contributed by atoms with Gasteiger partial charge in [0.2, 0.25) is 6.33 Å². The molecule has 0 bridgehead atoms. The third kappa shape index (κ3) is 3.26. The standard InChI is InChI=1S/C39H28N4/c1-39(27-11-9-12-28(24-27)42-25-41(2)36-18-5-6-19-37(36)42)31-15-10-14-30-29-13-3-4-17-34(29)43(38(30)31)35-21-20-26(23-32(35)39)33-16-7-8-22-40-33/h3-24H,1-2H3. The summed E-state index contributed by atoms with van der Waals surface area (Å²) in [5.74, 6) is 0. The highest BCUT2D eigenvalue weighted by atomic mass is 15.1. The lowest BCUT2D eigenvalue weighted by Gasteiger charge is -2.39. The van der Waals surface area contributed by atoms with Gasteiger partial charge in [0.1, 0.15) is 0 Å². The molecule has 0 saturated heterocycles. The molecule has 4 heteroatoms. The molecule has 5 aromatic carbocycles. The minimum Gasteiger partial charge on any atom is -0.319 e. The molecule has 1 aliphatic rings. The largest absolute Gasteiger partial charge is 0.319 e. The van der Waals surface area contributed by atoms with Gasteiger partial charge in [0.05, 0.1) is 46.2 Å². The van der Waals surface area contributed by atoms with E-state index in [1.165, 1.54) is 44.2 Å². The highest BCUT2D eigenvalue weighted by molar-refractivity contribution is 6.11. The molecular weight excluding hydrogens is 524 g/mol. The number of para-hydroxylation sites is 4. The van der Waals surface area contributed by atoms with Crippen LogP contribution in [-0.4, -0.2) is 14.1 Å². The van der Waals surface area contributed by atoms with E-state index in [1.54, 1.807) is 0 Å². The lowest BCUT2D eigenvalue weighted by atomic mass is 9.68. The average molecular weight is 553 g/mol. The van der Waals surface area contributed by atoms with Crippen LogP contribution in [0.1, 0.15) is 23.6 Å². The van der Waals surface area contributed by atoms with Crippen LogP contribution in [0.2, 0.25) is 0 Å². The number of benzene rings is 5. The van der Waals surface area contributed by atoms with Gasteiger partial charge in [0.15, 0.2) is 0 Å². The van der Waals surface area contributed by atoms with Crippen molar-refractivity contribution in [2.24, 2.45) is 7.05 Å². The molecule has 43 heavy (non-hydrogen) atoms. The molecule has 0 amide bonds. The Kier molecular flexibility index (Phi) is 4.92. The maximum atomic E-state index is 4.71. The quantitative estimate of drug-likeness (QED) is 0.161. The molecule has 3 aromatic heterocycles. The number of fused-ring (bicyclic) bond motifs is 6. The second-order valence-electron chi connectivity index (χ2n) is 11.7. The first-order valence-corrected chi connectivity index (χ1v) is 14.7. The van der Waals surface area contributed by atoms with Gasteiger partial charge in [0, 0.05) is 27.9 Å². The average Bonchev–Trinajstić information content (AvgIpc) is 3.59. The van der Waals surface area contributed by atoms with E-state index in [1.807, 2.05) is 12.3 Å². The first kappa shape index (κ1) is 24.2. The van der Waals surface area contributed by atoms with Crippen LogP contribution in [0.3, 0.4) is 0 Å². The van der Waals surface area contributed by atoms with Crippen LogP contribution in [0, 0.1) is 6.33 Å². The fourth-order valence-electron chi connectivity index (χ4n) is 7.30. The van der Waals surface area contributed by atoms with Crippen LogP contribution < -0.4 is 4.57 Å². The lowest BCUT2D eigenvalue weighted by Crippen LogP contribution is -2.31. The first-order chi connectivity index (χ1) is 21.1. The number of pyridine rings is 1. The summed E-state index contributed by atoms with van der Waals surface area (Å²) in [5.41, 5.74) is 12.6. The molecule has 1 unspecified atom stereocenters. The zero-order valence-corrected chi connectivity index (χ0v) is 24.0. The van der Waals surface area contributed by atoms with Crippen LogP contribution >= 0.6 is 0 Å². The molecule has 8 aromatic rings. The van der Waals surface area contributed by atoms with Crippen LogP contribution in [0.25, 0.3) is 55.5 Å². The molecule has 0 radical (unpaired) electrons. The smallest absolute Gasteiger partial charge is 0.244 e. The van der Waals surface area contributed by atoms with Crippen molar-refractivity contribution < 1.29 is 4.57 Å². The van der Waals surface area contributed by atoms with Gasteiger partial charge in [-0.25, -0.2) is 0 Å². The number of nitrogens with zero attached hydrogens (tertiary/aromatic N) is 4. The molecule has 0 N–H and O–H groups in total. The van der Waals surface area contributed by atoms with E-state index < -0.39 is 5.41 Å². The topological polar surface area (TPSA) is 26.6 Å². The predicted molar refractivity (Wildman–Crippen MR) is 173 cm³/mol. The van der Waals surface area contributed by atoms with Crippen molar-refractivity contribution in [2.75, 3.05) is 0 Å². The lowest BCUT2D eigenvalue weighted by molar-refractivity contribution is -0.649. The number of hydrogen-bond donors (Lipinski definition) is 0. The van der Waals surface area contributed by atoms with Crippen molar-refractivity contribution >= 4 is 32.8 Å². The van der Waals surface area contributed by atoms with Crippen molar-refractivity contribution in [3.05, 3.63) is 157 Å². The normalized spacial score (nSPS) is 15.8. The summed E-state index contributed by atoms with van der Waals surface area (Å²) in [6, 6.07) is 46.0. The Morgan fingerprint density at radius 3 is 2.37 bits per heavy atom. The Balaban J connectivity index is 1.37. The van der Waals surface area contributed by atoms with E-state index in [-0.39, 0.29) is 0 Å². The molecule has 0 spiro atoms. The minimum atomic E-state index is -0.425. The SMILES string of the molecule is C[n+]1[c-]n(-c2cccc(C3(C)c4cc(-c5ccccn5)ccc4-n4c5ccccc5c5cccc3c54)c2)c2ccccc21. The molecule has 0 aliphatic carbocycles. The fraction of sp³-hybridized carbons (Fsp3) is 0.0769. The zero-order valence-electron chi connectivity index (χ0n) is 24.0. The molecule has 1 aliphatic heterocycles. The Morgan fingerprint density at radius 1 is 0.698 bits per heavy atom. The zero-order chi connectivity index (χ0) is 28.7. The third-order valence-electron chi connectivity index (χ3n) is 9.39. The van der Waals surface area contributed by atoms with Crippen molar-refractivity contribution in [3.63, 3.8) is 0 Å². The summed E-state index contributed by atoms with van der Waals surface area (Å²) in [4.78, 5) is 4.71. The maximum Gasteiger partial charge on any atom is 0.244 e. The van der Waals surface area contributed by atoms with Crippen LogP contribution in [0.15, 0.2) is 134 Å². The molecule has 1 atom stereocenters. The minimum absolute atomic E-state index is 0.425. The number of rotatable bonds is 3. The summed E-state index contributed by atoms with van der Waals surface area (Å²) in [6.07, 6.45) is 5.40. The molecule has 4 nitrogen and oxygen atoms in total. The van der Waals surface area contributed by atoms with Gasteiger partial charge < -0.3 is 13.7 Å². The Morgan fingerprint density at radius 2 is 1.49 bits per heavy atom. The van der Waals surface area contributed by atoms with E-state index in [9.17, 15) is 0 Å². The van der Waals surface area contributed by atoms with Crippen LogP contribution in [0.5, 0.6) is 0 Å². The van der Waals surface area contributed by atoms with E-state index >= 15 is 0 Å². The third-order valence-corrected chi connectivity index (χ3v) is 9.39. The fourth-order valence-corrected chi connectivity index (χ4v) is 7.30. The molecule has 0 fully saturated rings. The first-order valence-electron chi connectivity index (χ1n) is 14.7. The summed E-state index contributed by atoms with van der Waals surface area (Å²) < 4.78 is 6.71. The predicted octanol–water partition coefficient (Wildman–Crippen LogP) is 8.08. The number of imidazole rings is 1. The number of aryl methyl sites for hydroxylation is 1. The Bertz CT molecular complexity index is 2380. The summed E-state index contributed by atoms with van der Waals surface area (Å²) in [7, 11) is 2.06. The van der Waals surface area contributed by atoms with Crippen LogP contribution in [-0.2, 0) is 12.5 Å². The van der Waals surface area contributed by atoms with Crippen molar-refractivity contribution in [1.29, 1.82) is 0 Å². The molecule has 0 saturated carbocycles. The van der Waals surface area contributed by atoms with Crippen molar-refractivity contribution in [1.82, 2.24) is 14.1 Å². The molecule has 9 rings (SSSR count). The van der Waals surface area contributed by atoms with E-state index in [2.05, 4.69) is 155 Å². The number of aromatic nitrogens is 4. The van der Waals surface area contributed by atoms with E-state index in [0.717, 1.165) is 28.0 Å². The Hall–Kier alpha value is -5.48. The van der Waals surface area contributed by atoms with Gasteiger partial charge in [-0.15, -0.1) is 0 Å². The molecule has 204 valence electrons. The van der Waals surface area contributed by atoms with E-state index in [0.29, 0.717) is 0 Å². The van der Waals surface area contributed by atoms with Crippen LogP contribution in [0.4, 0.5) is 0 Å². The van der Waals surface area contributed by atoms with Crippen molar-refractivity contribution in [3.8, 4) is 22.6 Å². The summed E-state index contributed by atoms with van der Waals surface area (Å²) in [5, 5.41) is 2.56. The van der Waals surface area contributed by atoms with Gasteiger partial charge in [-0.05, 0) is 53.9 Å². The molecular formula is C39H28N4.